The van der Waals surface area contributed by atoms with Crippen LogP contribution in [0, 0.1) is 0 Å². The number of ether oxygens (including phenoxy) is 1. The Labute approximate surface area is 182 Å². The van der Waals surface area contributed by atoms with E-state index in [-0.39, 0.29) is 0 Å². The summed E-state index contributed by atoms with van der Waals surface area (Å²) >= 11 is 7.03. The Bertz CT molecular complexity index is 1430. The lowest BCUT2D eigenvalue weighted by molar-refractivity contribution is 0.0736. The molecular weight excluding hydrogens is 496 g/mol. The predicted octanol–water partition coefficient (Wildman–Crippen LogP) is 6.68. The van der Waals surface area contributed by atoms with Crippen LogP contribution in [0.15, 0.2) is 81.7 Å². The molecule has 6 heteroatoms. The molecular formula is C23H12Br2N2O2. The van der Waals surface area contributed by atoms with Crippen molar-refractivity contribution >= 4 is 70.7 Å². The topological polar surface area (TPSA) is 52.1 Å². The fraction of sp³-hybridized carbons (Fsp3) is 0. The van der Waals surface area contributed by atoms with E-state index in [1.807, 2.05) is 66.7 Å². The molecule has 0 unspecified atom stereocenters. The van der Waals surface area contributed by atoms with Gasteiger partial charge in [0.05, 0.1) is 21.1 Å². The Morgan fingerprint density at radius 2 is 1.38 bits per heavy atom. The smallest absolute Gasteiger partial charge is 0.343 e. The molecule has 5 rings (SSSR count). The quantitative estimate of drug-likeness (QED) is 0.152. The molecule has 29 heavy (non-hydrogen) atoms. The van der Waals surface area contributed by atoms with Crippen molar-refractivity contribution in [2.75, 3.05) is 0 Å². The van der Waals surface area contributed by atoms with E-state index in [1.54, 1.807) is 6.07 Å². The van der Waals surface area contributed by atoms with Crippen LogP contribution >= 0.6 is 31.9 Å². The molecule has 4 nitrogen and oxygen atoms in total. The number of fused-ring (bicyclic) bond motifs is 3. The van der Waals surface area contributed by atoms with Gasteiger partial charge in [0.1, 0.15) is 11.0 Å². The van der Waals surface area contributed by atoms with Crippen LogP contribution in [0.1, 0.15) is 10.4 Å². The van der Waals surface area contributed by atoms with Gasteiger partial charge in [0.15, 0.2) is 5.75 Å². The molecule has 0 aliphatic heterocycles. The molecule has 0 amide bonds. The molecule has 1 aromatic heterocycles. The number of carbonyl (C=O) groups excluding carboxylic acids is 1. The molecule has 0 saturated carbocycles. The van der Waals surface area contributed by atoms with E-state index in [9.17, 15) is 4.79 Å². The van der Waals surface area contributed by atoms with Crippen molar-refractivity contribution in [1.82, 2.24) is 9.97 Å². The van der Waals surface area contributed by atoms with Crippen LogP contribution in [0.4, 0.5) is 0 Å². The number of halogens is 2. The second kappa shape index (κ2) is 7.21. The van der Waals surface area contributed by atoms with Crippen LogP contribution in [-0.4, -0.2) is 15.9 Å². The molecule has 0 aliphatic rings. The van der Waals surface area contributed by atoms with Crippen LogP contribution in [0.25, 0.3) is 32.8 Å². The number of carbonyl (C=O) groups is 1. The van der Waals surface area contributed by atoms with Gasteiger partial charge < -0.3 is 4.74 Å². The van der Waals surface area contributed by atoms with Crippen LogP contribution in [-0.2, 0) is 0 Å². The molecule has 0 radical (unpaired) electrons. The summed E-state index contributed by atoms with van der Waals surface area (Å²) in [4.78, 5) is 22.3. The third kappa shape index (κ3) is 3.28. The lowest BCUT2D eigenvalue weighted by atomic mass is 10.1. The van der Waals surface area contributed by atoms with Gasteiger partial charge in [-0.05, 0) is 73.0 Å². The second-order valence-electron chi connectivity index (χ2n) is 6.53. The largest absolute Gasteiger partial charge is 0.419 e. The molecule has 0 aliphatic carbocycles. The standard InChI is InChI=1S/C23H12Br2N2O2/c24-16-12-17(25)22(21-20(16)26-18-7-3-4-8-19(18)27-21)29-23(28)15-10-9-13-5-1-2-6-14(13)11-15/h1-12H. The number of hydrogen-bond donors (Lipinski definition) is 0. The zero-order chi connectivity index (χ0) is 20.0. The Morgan fingerprint density at radius 3 is 2.14 bits per heavy atom. The minimum Gasteiger partial charge on any atom is -0.419 e. The molecule has 0 bridgehead atoms. The number of benzene rings is 4. The lowest BCUT2D eigenvalue weighted by Gasteiger charge is -2.11. The molecule has 140 valence electrons. The molecule has 0 N–H and O–H groups in total. The van der Waals surface area contributed by atoms with Crippen molar-refractivity contribution in [3.05, 3.63) is 87.3 Å². The van der Waals surface area contributed by atoms with Gasteiger partial charge >= 0.3 is 5.97 Å². The van der Waals surface area contributed by atoms with Crippen LogP contribution in [0.3, 0.4) is 0 Å². The average Bonchev–Trinajstić information content (AvgIpc) is 2.75. The Kier molecular flexibility index (Phi) is 4.53. The molecule has 1 heterocycles. The summed E-state index contributed by atoms with van der Waals surface area (Å²) in [7, 11) is 0. The zero-order valence-electron chi connectivity index (χ0n) is 14.9. The van der Waals surface area contributed by atoms with Gasteiger partial charge in [0.2, 0.25) is 0 Å². The van der Waals surface area contributed by atoms with Gasteiger partial charge in [-0.15, -0.1) is 0 Å². The van der Waals surface area contributed by atoms with Crippen molar-refractivity contribution in [2.45, 2.75) is 0 Å². The summed E-state index contributed by atoms with van der Waals surface area (Å²) in [5.41, 5.74) is 3.12. The highest BCUT2D eigenvalue weighted by molar-refractivity contribution is 9.11. The summed E-state index contributed by atoms with van der Waals surface area (Å²) in [5.74, 6) is -0.102. The van der Waals surface area contributed by atoms with Gasteiger partial charge in [-0.1, -0.05) is 42.5 Å². The Balaban J connectivity index is 1.63. The fourth-order valence-electron chi connectivity index (χ4n) is 3.25. The van der Waals surface area contributed by atoms with Crippen molar-refractivity contribution < 1.29 is 9.53 Å². The van der Waals surface area contributed by atoms with Crippen molar-refractivity contribution in [2.24, 2.45) is 0 Å². The highest BCUT2D eigenvalue weighted by Crippen LogP contribution is 2.38. The molecule has 0 spiro atoms. The first-order chi connectivity index (χ1) is 14.1. The summed E-state index contributed by atoms with van der Waals surface area (Å²) < 4.78 is 7.18. The van der Waals surface area contributed by atoms with Crippen LogP contribution in [0.5, 0.6) is 5.75 Å². The molecule has 4 aromatic carbocycles. The normalized spacial score (nSPS) is 11.2. The van der Waals surface area contributed by atoms with Gasteiger partial charge in [-0.25, -0.2) is 14.8 Å². The first-order valence-corrected chi connectivity index (χ1v) is 10.4. The SMILES string of the molecule is O=C(Oc1c(Br)cc(Br)c2nc3ccccc3nc12)c1ccc2ccccc2c1. The summed E-state index contributed by atoms with van der Waals surface area (Å²) in [5, 5.41) is 2.05. The van der Waals surface area contributed by atoms with Crippen molar-refractivity contribution in [1.29, 1.82) is 0 Å². The maximum atomic E-state index is 12.9. The predicted molar refractivity (Wildman–Crippen MR) is 121 cm³/mol. The maximum Gasteiger partial charge on any atom is 0.343 e. The summed E-state index contributed by atoms with van der Waals surface area (Å²) in [6, 6.07) is 22.8. The molecule has 0 saturated heterocycles. The highest BCUT2D eigenvalue weighted by Gasteiger charge is 2.19. The maximum absolute atomic E-state index is 12.9. The van der Waals surface area contributed by atoms with Gasteiger partial charge in [0, 0.05) is 4.47 Å². The number of para-hydroxylation sites is 2. The molecule has 0 fully saturated rings. The summed E-state index contributed by atoms with van der Waals surface area (Å²) in [6.07, 6.45) is 0. The molecule has 0 atom stereocenters. The Hall–Kier alpha value is -2.83. The van der Waals surface area contributed by atoms with E-state index in [2.05, 4.69) is 36.8 Å². The second-order valence-corrected chi connectivity index (χ2v) is 8.24. The molecule has 5 aromatic rings. The fourth-order valence-corrected chi connectivity index (χ4v) is 4.56. The van der Waals surface area contributed by atoms with E-state index >= 15 is 0 Å². The van der Waals surface area contributed by atoms with Crippen molar-refractivity contribution in [3.63, 3.8) is 0 Å². The van der Waals surface area contributed by atoms with Gasteiger partial charge in [0.25, 0.3) is 0 Å². The first kappa shape index (κ1) is 18.2. The highest BCUT2D eigenvalue weighted by atomic mass is 79.9. The average molecular weight is 508 g/mol. The lowest BCUT2D eigenvalue weighted by Crippen LogP contribution is -2.10. The minimum atomic E-state index is -0.449. The third-order valence-electron chi connectivity index (χ3n) is 4.66. The minimum absolute atomic E-state index is 0.347. The van der Waals surface area contributed by atoms with E-state index in [4.69, 9.17) is 9.72 Å². The number of rotatable bonds is 2. The number of nitrogens with zero attached hydrogens (tertiary/aromatic N) is 2. The first-order valence-electron chi connectivity index (χ1n) is 8.85. The van der Waals surface area contributed by atoms with E-state index < -0.39 is 5.97 Å². The van der Waals surface area contributed by atoms with E-state index in [1.165, 1.54) is 0 Å². The van der Waals surface area contributed by atoms with E-state index in [0.717, 1.165) is 26.3 Å². The van der Waals surface area contributed by atoms with Gasteiger partial charge in [-0.2, -0.15) is 0 Å². The van der Waals surface area contributed by atoms with Crippen LogP contribution < -0.4 is 4.74 Å². The third-order valence-corrected chi connectivity index (χ3v) is 5.86. The number of aromatic nitrogens is 2. The van der Waals surface area contributed by atoms with Crippen LogP contribution in [0.2, 0.25) is 0 Å². The van der Waals surface area contributed by atoms with E-state index in [0.29, 0.717) is 26.8 Å². The number of esters is 1. The Morgan fingerprint density at radius 1 is 0.724 bits per heavy atom. The number of hydrogen-bond acceptors (Lipinski definition) is 4. The monoisotopic (exact) mass is 506 g/mol. The summed E-state index contributed by atoms with van der Waals surface area (Å²) in [6.45, 7) is 0. The van der Waals surface area contributed by atoms with Gasteiger partial charge in [-0.3, -0.25) is 0 Å². The van der Waals surface area contributed by atoms with Crippen molar-refractivity contribution in [3.8, 4) is 5.75 Å². The zero-order valence-corrected chi connectivity index (χ0v) is 18.1.